The van der Waals surface area contributed by atoms with Gasteiger partial charge in [-0.25, -0.2) is 4.52 Å². The molecule has 0 fully saturated rings. The minimum atomic E-state index is -4.41. The Labute approximate surface area is 139 Å². The van der Waals surface area contributed by atoms with Gasteiger partial charge < -0.3 is 4.74 Å². The summed E-state index contributed by atoms with van der Waals surface area (Å²) >= 11 is 1.42. The zero-order valence-corrected chi connectivity index (χ0v) is 13.4. The largest absolute Gasteiger partial charge is 0.468 e. The number of halogens is 3. The van der Waals surface area contributed by atoms with Gasteiger partial charge >= 0.3 is 6.18 Å². The third kappa shape index (κ3) is 4.16. The van der Waals surface area contributed by atoms with Gasteiger partial charge in [0.25, 0.3) is 5.78 Å². The van der Waals surface area contributed by atoms with E-state index in [0.29, 0.717) is 16.5 Å². The zero-order valence-electron chi connectivity index (χ0n) is 12.6. The maximum atomic E-state index is 12.3. The number of nitrogens with zero attached hydrogens (tertiary/aromatic N) is 4. The van der Waals surface area contributed by atoms with Crippen LogP contribution in [-0.2, 0) is 5.75 Å². The number of hydrogen-bond donors (Lipinski definition) is 0. The maximum absolute atomic E-state index is 12.3. The lowest BCUT2D eigenvalue weighted by atomic mass is 10.2. The smallest absolute Gasteiger partial charge is 0.422 e. The molecule has 2 heterocycles. The molecule has 5 nitrogen and oxygen atoms in total. The Morgan fingerprint density at radius 1 is 1.17 bits per heavy atom. The molecule has 0 aliphatic heterocycles. The molecular formula is C15H13F3N4OS. The first kappa shape index (κ1) is 16.6. The first-order valence-electron chi connectivity index (χ1n) is 7.01. The molecule has 0 N–H and O–H groups in total. The SMILES string of the molecule is Cc1cn2nc(SCc3ccccc3)nc2nc1OCC(F)(F)F. The van der Waals surface area contributed by atoms with E-state index in [4.69, 9.17) is 4.74 Å². The Morgan fingerprint density at radius 2 is 1.92 bits per heavy atom. The van der Waals surface area contributed by atoms with Crippen molar-refractivity contribution in [2.45, 2.75) is 24.0 Å². The summed E-state index contributed by atoms with van der Waals surface area (Å²) < 4.78 is 42.9. The number of aromatic nitrogens is 4. The molecule has 0 aliphatic rings. The van der Waals surface area contributed by atoms with Crippen LogP contribution >= 0.6 is 11.8 Å². The summed E-state index contributed by atoms with van der Waals surface area (Å²) in [5, 5.41) is 4.77. The van der Waals surface area contributed by atoms with Crippen molar-refractivity contribution in [3.63, 3.8) is 0 Å². The predicted octanol–water partition coefficient (Wildman–Crippen LogP) is 3.67. The third-order valence-electron chi connectivity index (χ3n) is 3.03. The summed E-state index contributed by atoms with van der Waals surface area (Å²) in [5.74, 6) is 0.800. The minimum absolute atomic E-state index is 0.0909. The van der Waals surface area contributed by atoms with Gasteiger partial charge in [-0.05, 0) is 12.5 Å². The minimum Gasteiger partial charge on any atom is -0.468 e. The topological polar surface area (TPSA) is 52.3 Å². The zero-order chi connectivity index (χ0) is 17.2. The highest BCUT2D eigenvalue weighted by molar-refractivity contribution is 7.98. The van der Waals surface area contributed by atoms with Crippen LogP contribution in [0.1, 0.15) is 11.1 Å². The van der Waals surface area contributed by atoms with Crippen LogP contribution < -0.4 is 4.74 Å². The molecule has 126 valence electrons. The fourth-order valence-electron chi connectivity index (χ4n) is 1.96. The summed E-state index contributed by atoms with van der Waals surface area (Å²) in [6.07, 6.45) is -2.86. The van der Waals surface area contributed by atoms with Crippen molar-refractivity contribution in [2.75, 3.05) is 6.61 Å². The first-order chi connectivity index (χ1) is 11.4. The predicted molar refractivity (Wildman–Crippen MR) is 83.1 cm³/mol. The van der Waals surface area contributed by atoms with E-state index in [1.807, 2.05) is 30.3 Å². The number of thioether (sulfide) groups is 1. The van der Waals surface area contributed by atoms with Crippen LogP contribution in [0.2, 0.25) is 0 Å². The van der Waals surface area contributed by atoms with E-state index in [2.05, 4.69) is 15.1 Å². The van der Waals surface area contributed by atoms with Crippen LogP contribution in [0, 0.1) is 6.92 Å². The molecule has 2 aromatic heterocycles. The van der Waals surface area contributed by atoms with Gasteiger partial charge in [-0.3, -0.25) is 0 Å². The molecular weight excluding hydrogens is 341 g/mol. The second kappa shape index (κ2) is 6.68. The average Bonchev–Trinajstić information content (AvgIpc) is 2.92. The molecule has 3 rings (SSSR count). The van der Waals surface area contributed by atoms with Crippen LogP contribution in [-0.4, -0.2) is 32.4 Å². The number of aryl methyl sites for hydroxylation is 1. The quantitative estimate of drug-likeness (QED) is 0.655. The number of hydrogen-bond acceptors (Lipinski definition) is 5. The molecule has 0 spiro atoms. The third-order valence-corrected chi connectivity index (χ3v) is 3.94. The molecule has 0 unspecified atom stereocenters. The van der Waals surface area contributed by atoms with Crippen molar-refractivity contribution in [1.82, 2.24) is 19.6 Å². The Kier molecular flexibility index (Phi) is 4.61. The van der Waals surface area contributed by atoms with Crippen LogP contribution in [0.15, 0.2) is 41.7 Å². The molecule has 0 amide bonds. The van der Waals surface area contributed by atoms with E-state index in [9.17, 15) is 13.2 Å². The standard InChI is InChI=1S/C15H13F3N4OS/c1-10-7-22-13(19-12(10)23-9-15(16,17)18)20-14(21-22)24-8-11-5-3-2-4-6-11/h2-7H,8-9H2,1H3. The molecule has 0 radical (unpaired) electrons. The molecule has 0 aliphatic carbocycles. The second-order valence-corrected chi connectivity index (χ2v) is 5.99. The van der Waals surface area contributed by atoms with E-state index in [1.54, 1.807) is 13.1 Å². The molecule has 0 atom stereocenters. The molecule has 0 saturated carbocycles. The van der Waals surface area contributed by atoms with Gasteiger partial charge in [0.2, 0.25) is 11.0 Å². The van der Waals surface area contributed by atoms with E-state index in [0.717, 1.165) is 5.56 Å². The Hall–Kier alpha value is -2.29. The summed E-state index contributed by atoms with van der Waals surface area (Å²) in [5.41, 5.74) is 1.58. The van der Waals surface area contributed by atoms with Crippen LogP contribution in [0.3, 0.4) is 0 Å². The lowest BCUT2D eigenvalue weighted by Gasteiger charge is -2.09. The lowest BCUT2D eigenvalue weighted by Crippen LogP contribution is -2.20. The number of ether oxygens (including phenoxy) is 1. The normalized spacial score (nSPS) is 11.8. The molecule has 24 heavy (non-hydrogen) atoms. The number of rotatable bonds is 5. The van der Waals surface area contributed by atoms with Crippen molar-refractivity contribution in [3.8, 4) is 5.88 Å². The highest BCUT2D eigenvalue weighted by Gasteiger charge is 2.29. The molecule has 1 aromatic carbocycles. The van der Waals surface area contributed by atoms with Crippen LogP contribution in [0.5, 0.6) is 5.88 Å². The van der Waals surface area contributed by atoms with Gasteiger partial charge in [-0.1, -0.05) is 42.1 Å². The summed E-state index contributed by atoms with van der Waals surface area (Å²) in [6, 6.07) is 9.82. The molecule has 0 saturated heterocycles. The second-order valence-electron chi connectivity index (χ2n) is 5.05. The van der Waals surface area contributed by atoms with E-state index >= 15 is 0 Å². The molecule has 9 heteroatoms. The number of fused-ring (bicyclic) bond motifs is 1. The number of alkyl halides is 3. The highest BCUT2D eigenvalue weighted by atomic mass is 32.2. The van der Waals surface area contributed by atoms with Gasteiger partial charge in [0.1, 0.15) is 0 Å². The van der Waals surface area contributed by atoms with Crippen molar-refractivity contribution in [3.05, 3.63) is 47.7 Å². The fraction of sp³-hybridized carbons (Fsp3) is 0.267. The Morgan fingerprint density at radius 3 is 2.62 bits per heavy atom. The average molecular weight is 354 g/mol. The lowest BCUT2D eigenvalue weighted by molar-refractivity contribution is -0.154. The van der Waals surface area contributed by atoms with Crippen LogP contribution in [0.4, 0.5) is 13.2 Å². The van der Waals surface area contributed by atoms with Crippen molar-refractivity contribution in [2.24, 2.45) is 0 Å². The van der Waals surface area contributed by atoms with Gasteiger partial charge in [0.05, 0.1) is 0 Å². The van der Waals surface area contributed by atoms with Gasteiger partial charge in [0.15, 0.2) is 6.61 Å². The summed E-state index contributed by atoms with van der Waals surface area (Å²) in [7, 11) is 0. The first-order valence-corrected chi connectivity index (χ1v) is 7.99. The van der Waals surface area contributed by atoms with E-state index in [-0.39, 0.29) is 11.7 Å². The van der Waals surface area contributed by atoms with Crippen molar-refractivity contribution >= 4 is 17.5 Å². The summed E-state index contributed by atoms with van der Waals surface area (Å²) in [6.45, 7) is 0.220. The number of benzene rings is 1. The Balaban J connectivity index is 1.75. The van der Waals surface area contributed by atoms with Crippen molar-refractivity contribution < 1.29 is 17.9 Å². The van der Waals surface area contributed by atoms with Gasteiger partial charge in [-0.2, -0.15) is 23.1 Å². The fourth-order valence-corrected chi connectivity index (χ4v) is 2.74. The summed E-state index contributed by atoms with van der Waals surface area (Å²) in [4.78, 5) is 8.22. The monoisotopic (exact) mass is 354 g/mol. The van der Waals surface area contributed by atoms with Gasteiger partial charge in [-0.15, -0.1) is 5.10 Å². The molecule has 3 aromatic rings. The Bertz CT molecular complexity index is 836. The van der Waals surface area contributed by atoms with Crippen LogP contribution in [0.25, 0.3) is 5.78 Å². The van der Waals surface area contributed by atoms with E-state index < -0.39 is 12.8 Å². The van der Waals surface area contributed by atoms with Gasteiger partial charge in [0, 0.05) is 17.5 Å². The highest BCUT2D eigenvalue weighted by Crippen LogP contribution is 2.23. The van der Waals surface area contributed by atoms with Crippen molar-refractivity contribution in [1.29, 1.82) is 0 Å². The maximum Gasteiger partial charge on any atom is 0.422 e. The molecule has 0 bridgehead atoms. The van der Waals surface area contributed by atoms with E-state index in [1.165, 1.54) is 16.3 Å².